The highest BCUT2D eigenvalue weighted by Gasteiger charge is 2.23. The summed E-state index contributed by atoms with van der Waals surface area (Å²) in [4.78, 5) is 26.0. The average molecular weight is 303 g/mol. The van der Waals surface area contributed by atoms with Crippen molar-refractivity contribution in [1.82, 2.24) is 15.6 Å². The van der Waals surface area contributed by atoms with Gasteiger partial charge in [0.25, 0.3) is 0 Å². The van der Waals surface area contributed by atoms with E-state index in [0.717, 1.165) is 16.5 Å². The van der Waals surface area contributed by atoms with Crippen molar-refractivity contribution in [2.24, 2.45) is 5.92 Å². The minimum Gasteiger partial charge on any atom is -0.480 e. The molecule has 0 bridgehead atoms. The van der Waals surface area contributed by atoms with Crippen LogP contribution in [0.25, 0.3) is 10.9 Å². The van der Waals surface area contributed by atoms with Crippen LogP contribution in [0.15, 0.2) is 30.5 Å². The SMILES string of the molecule is CC(C)C(NC(=O)NCCc1c[nH]c2ccccc12)C(=O)O. The molecule has 0 saturated carbocycles. The molecule has 0 aliphatic carbocycles. The number of aromatic nitrogens is 1. The van der Waals surface area contributed by atoms with Crippen molar-refractivity contribution in [3.05, 3.63) is 36.0 Å². The van der Waals surface area contributed by atoms with E-state index in [0.29, 0.717) is 13.0 Å². The first kappa shape index (κ1) is 15.9. The van der Waals surface area contributed by atoms with E-state index in [1.165, 1.54) is 0 Å². The quantitative estimate of drug-likeness (QED) is 0.658. The Morgan fingerprint density at radius 2 is 2.00 bits per heavy atom. The number of nitrogens with one attached hydrogen (secondary N) is 3. The van der Waals surface area contributed by atoms with Gasteiger partial charge in [-0.3, -0.25) is 0 Å². The van der Waals surface area contributed by atoms with Crippen LogP contribution in [0.4, 0.5) is 4.79 Å². The lowest BCUT2D eigenvalue weighted by Gasteiger charge is -2.18. The molecule has 1 aromatic heterocycles. The van der Waals surface area contributed by atoms with Gasteiger partial charge >= 0.3 is 12.0 Å². The van der Waals surface area contributed by atoms with Gasteiger partial charge in [-0.05, 0) is 24.0 Å². The summed E-state index contributed by atoms with van der Waals surface area (Å²) in [5.41, 5.74) is 2.18. The Morgan fingerprint density at radius 1 is 1.27 bits per heavy atom. The van der Waals surface area contributed by atoms with Crippen LogP contribution in [-0.2, 0) is 11.2 Å². The van der Waals surface area contributed by atoms with Gasteiger partial charge in [0.05, 0.1) is 0 Å². The van der Waals surface area contributed by atoms with Gasteiger partial charge in [-0.2, -0.15) is 0 Å². The molecule has 0 aliphatic rings. The molecule has 1 unspecified atom stereocenters. The molecule has 4 N–H and O–H groups in total. The molecule has 0 fully saturated rings. The summed E-state index contributed by atoms with van der Waals surface area (Å²) in [5.74, 6) is -1.20. The lowest BCUT2D eigenvalue weighted by atomic mass is 10.1. The zero-order valence-corrected chi connectivity index (χ0v) is 12.7. The number of hydrogen-bond donors (Lipinski definition) is 4. The predicted octanol–water partition coefficient (Wildman–Crippen LogP) is 2.12. The van der Waals surface area contributed by atoms with Crippen LogP contribution in [0.3, 0.4) is 0 Å². The number of aromatic amines is 1. The second kappa shape index (κ2) is 6.98. The van der Waals surface area contributed by atoms with Crippen molar-refractivity contribution in [3.63, 3.8) is 0 Å². The number of hydrogen-bond acceptors (Lipinski definition) is 2. The van der Waals surface area contributed by atoms with E-state index >= 15 is 0 Å². The monoisotopic (exact) mass is 303 g/mol. The Balaban J connectivity index is 1.85. The second-order valence-corrected chi connectivity index (χ2v) is 5.57. The van der Waals surface area contributed by atoms with Crippen molar-refractivity contribution in [3.8, 4) is 0 Å². The number of urea groups is 1. The summed E-state index contributed by atoms with van der Waals surface area (Å²) in [6, 6.07) is 6.63. The molecule has 0 aliphatic heterocycles. The molecule has 118 valence electrons. The zero-order valence-electron chi connectivity index (χ0n) is 12.7. The van der Waals surface area contributed by atoms with Crippen LogP contribution in [0.2, 0.25) is 0 Å². The van der Waals surface area contributed by atoms with Gasteiger partial charge in [-0.1, -0.05) is 32.0 Å². The number of carboxylic acids is 1. The molecule has 22 heavy (non-hydrogen) atoms. The largest absolute Gasteiger partial charge is 0.480 e. The molecule has 6 heteroatoms. The van der Waals surface area contributed by atoms with Crippen molar-refractivity contribution in [2.45, 2.75) is 26.3 Å². The van der Waals surface area contributed by atoms with Gasteiger partial charge in [0.15, 0.2) is 0 Å². The van der Waals surface area contributed by atoms with E-state index in [2.05, 4.69) is 15.6 Å². The van der Waals surface area contributed by atoms with Gasteiger partial charge < -0.3 is 20.7 Å². The third kappa shape index (κ3) is 3.78. The van der Waals surface area contributed by atoms with E-state index in [9.17, 15) is 9.59 Å². The number of para-hydroxylation sites is 1. The van der Waals surface area contributed by atoms with Crippen molar-refractivity contribution >= 4 is 22.9 Å². The molecule has 1 aromatic carbocycles. The molecule has 2 rings (SSSR count). The maximum absolute atomic E-state index is 11.8. The molecule has 2 amide bonds. The van der Waals surface area contributed by atoms with Crippen LogP contribution in [0.5, 0.6) is 0 Å². The van der Waals surface area contributed by atoms with E-state index in [-0.39, 0.29) is 5.92 Å². The fourth-order valence-electron chi connectivity index (χ4n) is 2.35. The summed E-state index contributed by atoms with van der Waals surface area (Å²) in [6.07, 6.45) is 2.61. The highest BCUT2D eigenvalue weighted by atomic mass is 16.4. The molecule has 0 radical (unpaired) electrons. The Bertz CT molecular complexity index is 663. The molecular formula is C16H21N3O3. The molecule has 1 atom stereocenters. The first-order valence-electron chi connectivity index (χ1n) is 7.31. The van der Waals surface area contributed by atoms with Gasteiger partial charge in [-0.25, -0.2) is 9.59 Å². The number of carboxylic acid groups (broad SMARTS) is 1. The summed E-state index contributed by atoms with van der Waals surface area (Å²) < 4.78 is 0. The fourth-order valence-corrected chi connectivity index (χ4v) is 2.35. The van der Waals surface area contributed by atoms with Gasteiger partial charge in [0.1, 0.15) is 6.04 Å². The lowest BCUT2D eigenvalue weighted by Crippen LogP contribution is -2.48. The normalized spacial score (nSPS) is 12.3. The number of carbonyl (C=O) groups excluding carboxylic acids is 1. The molecule has 2 aromatic rings. The summed E-state index contributed by atoms with van der Waals surface area (Å²) >= 11 is 0. The van der Waals surface area contributed by atoms with Crippen molar-refractivity contribution in [2.75, 3.05) is 6.54 Å². The van der Waals surface area contributed by atoms with E-state index < -0.39 is 18.0 Å². The molecule has 6 nitrogen and oxygen atoms in total. The Hall–Kier alpha value is -2.50. The van der Waals surface area contributed by atoms with Crippen LogP contribution in [0, 0.1) is 5.92 Å². The fraction of sp³-hybridized carbons (Fsp3) is 0.375. The summed E-state index contributed by atoms with van der Waals surface area (Å²) in [6.45, 7) is 3.95. The zero-order chi connectivity index (χ0) is 16.1. The smallest absolute Gasteiger partial charge is 0.326 e. The van der Waals surface area contributed by atoms with Crippen LogP contribution in [-0.4, -0.2) is 34.7 Å². The number of fused-ring (bicyclic) bond motifs is 1. The number of aliphatic carboxylic acids is 1. The van der Waals surface area contributed by atoms with Crippen molar-refractivity contribution < 1.29 is 14.7 Å². The number of amides is 2. The molecule has 0 saturated heterocycles. The van der Waals surface area contributed by atoms with E-state index in [4.69, 9.17) is 5.11 Å². The highest BCUT2D eigenvalue weighted by molar-refractivity contribution is 5.84. The molecule has 1 heterocycles. The first-order chi connectivity index (χ1) is 10.5. The number of carbonyl (C=O) groups is 2. The Morgan fingerprint density at radius 3 is 2.68 bits per heavy atom. The number of H-pyrrole nitrogens is 1. The van der Waals surface area contributed by atoms with Gasteiger partial charge in [0.2, 0.25) is 0 Å². The van der Waals surface area contributed by atoms with Crippen molar-refractivity contribution in [1.29, 1.82) is 0 Å². The summed E-state index contributed by atoms with van der Waals surface area (Å²) in [5, 5.41) is 15.3. The summed E-state index contributed by atoms with van der Waals surface area (Å²) in [7, 11) is 0. The standard InChI is InChI=1S/C16H21N3O3/c1-10(2)14(15(20)21)19-16(22)17-8-7-11-9-18-13-6-4-3-5-12(11)13/h3-6,9-10,14,18H,7-8H2,1-2H3,(H,20,21)(H2,17,19,22). The van der Waals surface area contributed by atoms with Crippen LogP contribution >= 0.6 is 0 Å². The molecule has 0 spiro atoms. The maximum Gasteiger partial charge on any atom is 0.326 e. The molecular weight excluding hydrogens is 282 g/mol. The predicted molar refractivity (Wildman–Crippen MR) is 84.8 cm³/mol. The minimum atomic E-state index is -1.03. The second-order valence-electron chi connectivity index (χ2n) is 5.57. The highest BCUT2D eigenvalue weighted by Crippen LogP contribution is 2.17. The first-order valence-corrected chi connectivity index (χ1v) is 7.31. The number of benzene rings is 1. The minimum absolute atomic E-state index is 0.170. The van der Waals surface area contributed by atoms with Gasteiger partial charge in [-0.15, -0.1) is 0 Å². The van der Waals surface area contributed by atoms with E-state index in [1.807, 2.05) is 30.5 Å². The Kier molecular flexibility index (Phi) is 5.04. The topological polar surface area (TPSA) is 94.2 Å². The van der Waals surface area contributed by atoms with Crippen LogP contribution < -0.4 is 10.6 Å². The van der Waals surface area contributed by atoms with Crippen LogP contribution in [0.1, 0.15) is 19.4 Å². The van der Waals surface area contributed by atoms with Gasteiger partial charge in [0, 0.05) is 23.6 Å². The van der Waals surface area contributed by atoms with E-state index in [1.54, 1.807) is 13.8 Å². The Labute approximate surface area is 128 Å². The average Bonchev–Trinajstić information content (AvgIpc) is 2.88. The maximum atomic E-state index is 11.8. The third-order valence-corrected chi connectivity index (χ3v) is 3.57. The third-order valence-electron chi connectivity index (χ3n) is 3.57. The lowest BCUT2D eigenvalue weighted by molar-refractivity contribution is -0.140. The number of rotatable bonds is 6.